The van der Waals surface area contributed by atoms with Gasteiger partial charge < -0.3 is 10.6 Å². The summed E-state index contributed by atoms with van der Waals surface area (Å²) in [6.07, 6.45) is 2.45. The zero-order valence-electron chi connectivity index (χ0n) is 9.27. The Morgan fingerprint density at radius 3 is 3.00 bits per heavy atom. The molecule has 0 aliphatic carbocycles. The molecule has 1 aromatic heterocycles. The summed E-state index contributed by atoms with van der Waals surface area (Å²) in [4.78, 5) is 14.2. The summed E-state index contributed by atoms with van der Waals surface area (Å²) in [7, 11) is 0. The van der Waals surface area contributed by atoms with Crippen LogP contribution in [0.25, 0.3) is 0 Å². The normalized spacial score (nSPS) is 10.1. The van der Waals surface area contributed by atoms with E-state index in [1.54, 1.807) is 12.3 Å². The second kappa shape index (κ2) is 6.73. The van der Waals surface area contributed by atoms with Crippen LogP contribution in [0.3, 0.4) is 0 Å². The van der Waals surface area contributed by atoms with E-state index in [9.17, 15) is 10.1 Å². The lowest BCUT2D eigenvalue weighted by Crippen LogP contribution is -2.17. The Morgan fingerprint density at radius 1 is 1.50 bits per heavy atom. The molecule has 0 fully saturated rings. The van der Waals surface area contributed by atoms with Crippen LogP contribution in [0, 0.1) is 10.1 Å². The predicted molar refractivity (Wildman–Crippen MR) is 62.5 cm³/mol. The molecular formula is C10H16N4O2. The van der Waals surface area contributed by atoms with E-state index in [4.69, 9.17) is 0 Å². The van der Waals surface area contributed by atoms with Gasteiger partial charge in [-0.2, -0.15) is 0 Å². The summed E-state index contributed by atoms with van der Waals surface area (Å²) in [6, 6.07) is 3.00. The molecule has 0 saturated carbocycles. The Labute approximate surface area is 94.2 Å². The molecule has 1 rings (SSSR count). The molecule has 1 aromatic rings. The molecule has 0 unspecified atom stereocenters. The number of anilines is 1. The van der Waals surface area contributed by atoms with Crippen molar-refractivity contribution in [1.82, 2.24) is 10.3 Å². The minimum Gasteiger partial charge on any atom is -0.364 e. The van der Waals surface area contributed by atoms with Crippen molar-refractivity contribution in [3.63, 3.8) is 0 Å². The van der Waals surface area contributed by atoms with Crippen molar-refractivity contribution < 1.29 is 4.92 Å². The maximum atomic E-state index is 10.7. The van der Waals surface area contributed by atoms with Gasteiger partial charge in [0.25, 0.3) is 0 Å². The maximum Gasteiger partial charge on any atom is 0.311 e. The fourth-order valence-electron chi connectivity index (χ4n) is 1.28. The average Bonchev–Trinajstić information content (AvgIpc) is 2.29. The topological polar surface area (TPSA) is 80.1 Å². The maximum absolute atomic E-state index is 10.7. The minimum absolute atomic E-state index is 0.0194. The van der Waals surface area contributed by atoms with E-state index in [0.29, 0.717) is 12.4 Å². The summed E-state index contributed by atoms with van der Waals surface area (Å²) in [5, 5.41) is 16.8. The minimum atomic E-state index is -0.431. The molecule has 0 radical (unpaired) electrons. The Balaban J connectivity index is 2.44. The van der Waals surface area contributed by atoms with Gasteiger partial charge in [-0.05, 0) is 25.6 Å². The highest BCUT2D eigenvalue weighted by atomic mass is 16.6. The van der Waals surface area contributed by atoms with Gasteiger partial charge >= 0.3 is 5.69 Å². The standard InChI is InChI=1S/C10H16N4O2/c1-2-11-6-4-8-13-10-9(14(15)16)5-3-7-12-10/h3,5,7,11H,2,4,6,8H2,1H3,(H,12,13). The SMILES string of the molecule is CCNCCCNc1ncccc1[N+](=O)[O-]. The number of pyridine rings is 1. The van der Waals surface area contributed by atoms with Gasteiger partial charge in [-0.15, -0.1) is 0 Å². The van der Waals surface area contributed by atoms with Gasteiger partial charge in [-0.25, -0.2) is 4.98 Å². The molecule has 0 amide bonds. The van der Waals surface area contributed by atoms with E-state index in [-0.39, 0.29) is 5.69 Å². The van der Waals surface area contributed by atoms with Crippen LogP contribution in [0.1, 0.15) is 13.3 Å². The molecule has 6 nitrogen and oxygen atoms in total. The van der Waals surface area contributed by atoms with Crippen LogP contribution >= 0.6 is 0 Å². The van der Waals surface area contributed by atoms with E-state index in [2.05, 4.69) is 15.6 Å². The molecule has 0 aliphatic rings. The molecule has 0 aliphatic heterocycles. The highest BCUT2D eigenvalue weighted by molar-refractivity contribution is 5.54. The Kier molecular flexibility index (Phi) is 5.21. The largest absolute Gasteiger partial charge is 0.364 e. The molecular weight excluding hydrogens is 208 g/mol. The Bertz CT molecular complexity index is 343. The molecule has 6 heteroatoms. The van der Waals surface area contributed by atoms with E-state index >= 15 is 0 Å². The fraction of sp³-hybridized carbons (Fsp3) is 0.500. The second-order valence-corrected chi connectivity index (χ2v) is 3.26. The third-order valence-corrected chi connectivity index (χ3v) is 2.06. The molecule has 1 heterocycles. The van der Waals surface area contributed by atoms with Gasteiger partial charge in [0.05, 0.1) is 4.92 Å². The van der Waals surface area contributed by atoms with Gasteiger partial charge in [-0.1, -0.05) is 6.92 Å². The van der Waals surface area contributed by atoms with E-state index < -0.39 is 4.92 Å². The van der Waals surface area contributed by atoms with E-state index in [1.807, 2.05) is 6.92 Å². The number of hydrogen-bond donors (Lipinski definition) is 2. The van der Waals surface area contributed by atoms with Gasteiger partial charge in [0.1, 0.15) is 0 Å². The van der Waals surface area contributed by atoms with Crippen LogP contribution < -0.4 is 10.6 Å². The van der Waals surface area contributed by atoms with Gasteiger partial charge in [0.2, 0.25) is 5.82 Å². The lowest BCUT2D eigenvalue weighted by Gasteiger charge is -2.05. The average molecular weight is 224 g/mol. The van der Waals surface area contributed by atoms with Gasteiger partial charge in [-0.3, -0.25) is 10.1 Å². The summed E-state index contributed by atoms with van der Waals surface area (Å²) in [5.74, 6) is 0.337. The van der Waals surface area contributed by atoms with Crippen molar-refractivity contribution in [3.05, 3.63) is 28.4 Å². The smallest absolute Gasteiger partial charge is 0.311 e. The van der Waals surface area contributed by atoms with E-state index in [0.717, 1.165) is 19.5 Å². The summed E-state index contributed by atoms with van der Waals surface area (Å²) < 4.78 is 0. The van der Waals surface area contributed by atoms with Crippen molar-refractivity contribution in [1.29, 1.82) is 0 Å². The zero-order chi connectivity index (χ0) is 11.8. The first kappa shape index (κ1) is 12.4. The molecule has 2 N–H and O–H groups in total. The van der Waals surface area contributed by atoms with Crippen LogP contribution in [0.5, 0.6) is 0 Å². The third kappa shape index (κ3) is 3.82. The molecule has 0 bridgehead atoms. The highest BCUT2D eigenvalue weighted by Gasteiger charge is 2.12. The number of hydrogen-bond acceptors (Lipinski definition) is 5. The lowest BCUT2D eigenvalue weighted by atomic mass is 10.3. The van der Waals surface area contributed by atoms with Crippen molar-refractivity contribution >= 4 is 11.5 Å². The lowest BCUT2D eigenvalue weighted by molar-refractivity contribution is -0.384. The number of rotatable bonds is 7. The fourth-order valence-corrected chi connectivity index (χ4v) is 1.28. The van der Waals surface area contributed by atoms with Crippen LogP contribution in [0.4, 0.5) is 11.5 Å². The first-order valence-electron chi connectivity index (χ1n) is 5.29. The first-order valence-corrected chi connectivity index (χ1v) is 5.29. The molecule has 16 heavy (non-hydrogen) atoms. The molecule has 88 valence electrons. The van der Waals surface area contributed by atoms with Crippen LogP contribution in [-0.2, 0) is 0 Å². The molecule has 0 aromatic carbocycles. The molecule has 0 spiro atoms. The van der Waals surface area contributed by atoms with Crippen molar-refractivity contribution in [2.24, 2.45) is 0 Å². The third-order valence-electron chi connectivity index (χ3n) is 2.06. The molecule has 0 saturated heterocycles. The van der Waals surface area contributed by atoms with Crippen LogP contribution in [0.15, 0.2) is 18.3 Å². The van der Waals surface area contributed by atoms with E-state index in [1.165, 1.54) is 6.07 Å². The predicted octanol–water partition coefficient (Wildman–Crippen LogP) is 1.40. The van der Waals surface area contributed by atoms with Crippen molar-refractivity contribution in [2.45, 2.75) is 13.3 Å². The summed E-state index contributed by atoms with van der Waals surface area (Å²) in [6.45, 7) is 4.54. The Hall–Kier alpha value is -1.69. The van der Waals surface area contributed by atoms with Gasteiger partial charge in [0.15, 0.2) is 0 Å². The summed E-state index contributed by atoms with van der Waals surface area (Å²) in [5.41, 5.74) is 0.0194. The Morgan fingerprint density at radius 2 is 2.31 bits per heavy atom. The monoisotopic (exact) mass is 224 g/mol. The molecule has 0 atom stereocenters. The van der Waals surface area contributed by atoms with Crippen molar-refractivity contribution in [3.8, 4) is 0 Å². The number of nitrogens with zero attached hydrogens (tertiary/aromatic N) is 2. The van der Waals surface area contributed by atoms with Crippen molar-refractivity contribution in [2.75, 3.05) is 25.0 Å². The number of nitrogens with one attached hydrogen (secondary N) is 2. The zero-order valence-corrected chi connectivity index (χ0v) is 9.27. The quantitative estimate of drug-likeness (QED) is 0.415. The highest BCUT2D eigenvalue weighted by Crippen LogP contribution is 2.19. The first-order chi connectivity index (χ1) is 7.75. The van der Waals surface area contributed by atoms with Gasteiger partial charge in [0, 0.05) is 18.8 Å². The summed E-state index contributed by atoms with van der Waals surface area (Å²) >= 11 is 0. The van der Waals surface area contributed by atoms with Crippen LogP contribution in [-0.4, -0.2) is 29.5 Å². The second-order valence-electron chi connectivity index (χ2n) is 3.26. The van der Waals surface area contributed by atoms with Crippen LogP contribution in [0.2, 0.25) is 0 Å². The number of nitro groups is 1. The number of aromatic nitrogens is 1.